The Morgan fingerprint density at radius 3 is 2.22 bits per heavy atom. The summed E-state index contributed by atoms with van der Waals surface area (Å²) in [5.74, 6) is 0.00338. The number of nitrogens with one attached hydrogen (secondary N) is 2. The third-order valence-corrected chi connectivity index (χ3v) is 8.77. The molecule has 3 aromatic carbocycles. The zero-order valence-corrected chi connectivity index (χ0v) is 31.3. The fourth-order valence-electron chi connectivity index (χ4n) is 6.13. The maximum Gasteiger partial charge on any atom is 0.408 e. The summed E-state index contributed by atoms with van der Waals surface area (Å²) >= 11 is 0. The highest BCUT2D eigenvalue weighted by atomic mass is 19.1. The second kappa shape index (κ2) is 16.4. The minimum Gasteiger partial charge on any atom is -0.497 e. The molecule has 1 aliphatic rings. The van der Waals surface area contributed by atoms with Gasteiger partial charge in [0.05, 0.1) is 56.0 Å². The molecule has 288 valence electrons. The summed E-state index contributed by atoms with van der Waals surface area (Å²) in [6.45, 7) is 8.78. The fraction of sp³-hybridized carbons (Fsp3) is 0.395. The minimum atomic E-state index is -1.26. The lowest BCUT2D eigenvalue weighted by Gasteiger charge is -2.40. The number of carbonyl (C=O) groups is 3. The quantitative estimate of drug-likeness (QED) is 0.212. The minimum absolute atomic E-state index is 0.131. The standard InChI is InChI=1S/C38H46FN7O8/c1-23(45(30-17-16-27(52-6)22-31(30)53-7)36(50)40-26-14-12-25(39)13-15-26)33-41-29-11-9-8-10-28(29)34(48)46(33)44-20-18-43(19-21-44)35(49)32(24(2)47)42-37(51)54-38(3,4)5/h8-17,22-24,32,47H,18-21H2,1-7H3,(H,40,50)(H,42,51)/t23-,24-,32-/m0/s1. The van der Waals surface area contributed by atoms with Crippen LogP contribution in [0.1, 0.15) is 46.5 Å². The van der Waals surface area contributed by atoms with Crippen LogP contribution in [0.15, 0.2) is 71.5 Å². The predicted molar refractivity (Wildman–Crippen MR) is 201 cm³/mol. The number of fused-ring (bicyclic) bond motifs is 1. The number of nitrogens with zero attached hydrogens (tertiary/aromatic N) is 5. The normalized spacial score (nSPS) is 14.8. The number of carbonyl (C=O) groups excluding carboxylic acids is 3. The molecule has 1 saturated heterocycles. The lowest BCUT2D eigenvalue weighted by atomic mass is 10.1. The molecule has 16 heteroatoms. The summed E-state index contributed by atoms with van der Waals surface area (Å²) in [4.78, 5) is 62.6. The van der Waals surface area contributed by atoms with Crippen LogP contribution in [0.5, 0.6) is 11.5 Å². The van der Waals surface area contributed by atoms with E-state index in [1.54, 1.807) is 75.2 Å². The van der Waals surface area contributed by atoms with Gasteiger partial charge in [0.2, 0.25) is 5.91 Å². The van der Waals surface area contributed by atoms with Crippen molar-refractivity contribution in [2.24, 2.45) is 0 Å². The summed E-state index contributed by atoms with van der Waals surface area (Å²) in [7, 11) is 2.96. The monoisotopic (exact) mass is 747 g/mol. The van der Waals surface area contributed by atoms with Gasteiger partial charge in [0.25, 0.3) is 5.56 Å². The fourth-order valence-corrected chi connectivity index (χ4v) is 6.13. The van der Waals surface area contributed by atoms with E-state index in [1.807, 2.05) is 0 Å². The summed E-state index contributed by atoms with van der Waals surface area (Å²) < 4.78 is 31.6. The van der Waals surface area contributed by atoms with Crippen molar-refractivity contribution in [3.63, 3.8) is 0 Å². The Labute approximate surface area is 312 Å². The molecule has 4 aromatic rings. The molecule has 4 amide bonds. The van der Waals surface area contributed by atoms with Crippen molar-refractivity contribution in [1.29, 1.82) is 0 Å². The van der Waals surface area contributed by atoms with E-state index >= 15 is 0 Å². The second-order valence-electron chi connectivity index (χ2n) is 13.8. The van der Waals surface area contributed by atoms with Crippen LogP contribution in [-0.2, 0) is 9.53 Å². The first-order valence-corrected chi connectivity index (χ1v) is 17.4. The molecular weight excluding hydrogens is 701 g/mol. The Morgan fingerprint density at radius 2 is 1.61 bits per heavy atom. The number of methoxy groups -OCH3 is 2. The van der Waals surface area contributed by atoms with Crippen LogP contribution in [-0.4, -0.2) is 95.8 Å². The van der Waals surface area contributed by atoms with Crippen LogP contribution in [0.2, 0.25) is 0 Å². The van der Waals surface area contributed by atoms with Gasteiger partial charge in [-0.2, -0.15) is 0 Å². The molecule has 0 bridgehead atoms. The molecule has 0 spiro atoms. The number of aliphatic hydroxyl groups excluding tert-OH is 1. The van der Waals surface area contributed by atoms with Crippen LogP contribution < -0.4 is 35.6 Å². The van der Waals surface area contributed by atoms with Gasteiger partial charge in [0.1, 0.15) is 29.0 Å². The molecule has 0 radical (unpaired) electrons. The van der Waals surface area contributed by atoms with Gasteiger partial charge in [-0.25, -0.2) is 23.6 Å². The zero-order chi connectivity index (χ0) is 39.3. The van der Waals surface area contributed by atoms with Crippen molar-refractivity contribution in [1.82, 2.24) is 19.9 Å². The molecule has 0 unspecified atom stereocenters. The summed E-state index contributed by atoms with van der Waals surface area (Å²) in [6.07, 6.45) is -2.06. The molecule has 2 heterocycles. The van der Waals surface area contributed by atoms with E-state index in [0.717, 1.165) is 0 Å². The van der Waals surface area contributed by atoms with Gasteiger partial charge in [0.15, 0.2) is 5.82 Å². The maximum absolute atomic E-state index is 14.4. The Hall–Kier alpha value is -5.90. The topological polar surface area (TPSA) is 168 Å². The number of halogens is 1. The molecular formula is C38H46FN7O8. The molecule has 3 atom stereocenters. The number of piperazine rings is 1. The Kier molecular flexibility index (Phi) is 11.9. The van der Waals surface area contributed by atoms with Gasteiger partial charge in [0, 0.05) is 24.8 Å². The molecule has 1 aromatic heterocycles. The van der Waals surface area contributed by atoms with E-state index in [1.165, 1.54) is 59.9 Å². The van der Waals surface area contributed by atoms with E-state index in [9.17, 15) is 28.7 Å². The molecule has 0 aliphatic carbocycles. The van der Waals surface area contributed by atoms with Crippen molar-refractivity contribution in [2.75, 3.05) is 55.6 Å². The van der Waals surface area contributed by atoms with Crippen LogP contribution in [0.25, 0.3) is 10.9 Å². The number of urea groups is 1. The van der Waals surface area contributed by atoms with Gasteiger partial charge < -0.3 is 39.9 Å². The van der Waals surface area contributed by atoms with Crippen LogP contribution in [0.4, 0.5) is 25.4 Å². The van der Waals surface area contributed by atoms with Gasteiger partial charge in [-0.05, 0) is 83.1 Å². The number of amides is 4. The predicted octanol–water partition coefficient (Wildman–Crippen LogP) is 4.41. The molecule has 1 fully saturated rings. The number of hydrogen-bond acceptors (Lipinski definition) is 10. The van der Waals surface area contributed by atoms with E-state index < -0.39 is 53.2 Å². The van der Waals surface area contributed by atoms with Crippen molar-refractivity contribution in [3.8, 4) is 11.5 Å². The number of alkyl carbamates (subject to hydrolysis) is 1. The Balaban J connectivity index is 1.52. The second-order valence-corrected chi connectivity index (χ2v) is 13.8. The zero-order valence-electron chi connectivity index (χ0n) is 31.3. The molecule has 3 N–H and O–H groups in total. The summed E-state index contributed by atoms with van der Waals surface area (Å²) in [5, 5.41) is 17.8. The lowest BCUT2D eigenvalue weighted by molar-refractivity contribution is -0.136. The third-order valence-electron chi connectivity index (χ3n) is 8.77. The first-order valence-electron chi connectivity index (χ1n) is 17.4. The van der Waals surface area contributed by atoms with E-state index in [0.29, 0.717) is 33.8 Å². The number of aliphatic hydroxyl groups is 1. The van der Waals surface area contributed by atoms with Crippen LogP contribution >= 0.6 is 0 Å². The number of rotatable bonds is 10. The van der Waals surface area contributed by atoms with Gasteiger partial charge in [-0.15, -0.1) is 0 Å². The molecule has 15 nitrogen and oxygen atoms in total. The van der Waals surface area contributed by atoms with Crippen molar-refractivity contribution >= 4 is 40.3 Å². The highest BCUT2D eigenvalue weighted by Crippen LogP contribution is 2.37. The van der Waals surface area contributed by atoms with E-state index in [-0.39, 0.29) is 32.0 Å². The Bertz CT molecular complexity index is 2040. The number of hydrogen-bond donors (Lipinski definition) is 3. The van der Waals surface area contributed by atoms with Gasteiger partial charge >= 0.3 is 12.1 Å². The van der Waals surface area contributed by atoms with Crippen molar-refractivity contribution < 1.29 is 38.1 Å². The number of para-hydroxylation sites is 1. The molecule has 5 rings (SSSR count). The first-order chi connectivity index (χ1) is 25.6. The van der Waals surface area contributed by atoms with E-state index in [2.05, 4.69) is 10.6 Å². The molecule has 0 saturated carbocycles. The van der Waals surface area contributed by atoms with Crippen molar-refractivity contribution in [2.45, 2.75) is 58.4 Å². The number of ether oxygens (including phenoxy) is 3. The lowest BCUT2D eigenvalue weighted by Crippen LogP contribution is -2.61. The smallest absolute Gasteiger partial charge is 0.408 e. The summed E-state index contributed by atoms with van der Waals surface area (Å²) in [6, 6.07) is 14.3. The largest absolute Gasteiger partial charge is 0.497 e. The average molecular weight is 748 g/mol. The summed E-state index contributed by atoms with van der Waals surface area (Å²) in [5.41, 5.74) is -0.142. The number of aromatic nitrogens is 2. The highest BCUT2D eigenvalue weighted by molar-refractivity contribution is 6.03. The maximum atomic E-state index is 14.4. The van der Waals surface area contributed by atoms with Gasteiger partial charge in [-0.1, -0.05) is 12.1 Å². The SMILES string of the molecule is COc1ccc(N(C(=O)Nc2ccc(F)cc2)[C@@H](C)c2nc3ccccc3c(=O)n2N2CCN(C(=O)[C@@H](NC(=O)OC(C)(C)C)[C@H](C)O)CC2)c(OC)c1. The number of anilines is 2. The third kappa shape index (κ3) is 8.82. The number of benzene rings is 3. The highest BCUT2D eigenvalue weighted by Gasteiger charge is 2.36. The average Bonchev–Trinajstić information content (AvgIpc) is 3.14. The van der Waals surface area contributed by atoms with E-state index in [4.69, 9.17) is 19.2 Å². The first kappa shape index (κ1) is 39.3. The molecule has 1 aliphatic heterocycles. The molecule has 54 heavy (non-hydrogen) atoms. The van der Waals surface area contributed by atoms with Crippen molar-refractivity contribution in [3.05, 3.63) is 88.7 Å². The van der Waals surface area contributed by atoms with Crippen LogP contribution in [0.3, 0.4) is 0 Å². The Morgan fingerprint density at radius 1 is 0.944 bits per heavy atom. The van der Waals surface area contributed by atoms with Gasteiger partial charge in [-0.3, -0.25) is 14.5 Å². The van der Waals surface area contributed by atoms with Crippen LogP contribution in [0, 0.1) is 5.82 Å².